The second kappa shape index (κ2) is 5.17. The van der Waals surface area contributed by atoms with Gasteiger partial charge in [0.2, 0.25) is 0 Å². The molecule has 3 heteroatoms. The Kier molecular flexibility index (Phi) is 3.85. The van der Waals surface area contributed by atoms with Crippen molar-refractivity contribution >= 4 is 21.7 Å². The number of hydrogen-bond donors (Lipinski definition) is 0. The first kappa shape index (κ1) is 11.9. The smallest absolute Gasteiger partial charge is 0.128 e. The van der Waals surface area contributed by atoms with E-state index < -0.39 is 0 Å². The molecule has 1 saturated carbocycles. The van der Waals surface area contributed by atoms with Crippen molar-refractivity contribution in [3.8, 4) is 0 Å². The van der Waals surface area contributed by atoms with E-state index in [4.69, 9.17) is 0 Å². The number of aromatic nitrogens is 1. The molecular weight excluding hydrogens is 264 g/mol. The molecule has 1 aliphatic carbocycles. The van der Waals surface area contributed by atoms with Crippen molar-refractivity contribution < 1.29 is 0 Å². The minimum absolute atomic E-state index is 0.682. The van der Waals surface area contributed by atoms with Crippen molar-refractivity contribution in [3.05, 3.63) is 22.3 Å². The molecule has 1 aliphatic rings. The topological polar surface area (TPSA) is 16.1 Å². The van der Waals surface area contributed by atoms with Gasteiger partial charge in [-0.3, -0.25) is 0 Å². The maximum absolute atomic E-state index is 4.63. The van der Waals surface area contributed by atoms with Gasteiger partial charge < -0.3 is 4.90 Å². The molecule has 0 aromatic carbocycles. The second-order valence-electron chi connectivity index (χ2n) is 4.64. The first-order valence-electron chi connectivity index (χ1n) is 6.04. The van der Waals surface area contributed by atoms with E-state index >= 15 is 0 Å². The summed E-state index contributed by atoms with van der Waals surface area (Å²) in [5.41, 5.74) is 1.07. The maximum Gasteiger partial charge on any atom is 0.128 e. The summed E-state index contributed by atoms with van der Waals surface area (Å²) in [6, 6.07) is 4.88. The number of pyridine rings is 1. The van der Waals surface area contributed by atoms with Crippen LogP contribution in [0.2, 0.25) is 0 Å². The van der Waals surface area contributed by atoms with Crippen molar-refractivity contribution in [1.82, 2.24) is 4.98 Å². The van der Waals surface area contributed by atoms with E-state index in [0.29, 0.717) is 6.04 Å². The normalized spacial score (nSPS) is 17.4. The van der Waals surface area contributed by atoms with Gasteiger partial charge in [-0.2, -0.15) is 0 Å². The van der Waals surface area contributed by atoms with Crippen molar-refractivity contribution in [3.63, 3.8) is 0 Å². The Morgan fingerprint density at radius 2 is 1.94 bits per heavy atom. The highest BCUT2D eigenvalue weighted by Gasteiger charge is 2.19. The molecule has 1 aromatic heterocycles. The van der Waals surface area contributed by atoms with E-state index in [1.807, 2.05) is 6.92 Å². The Balaban J connectivity index is 2.12. The number of hydrogen-bond acceptors (Lipinski definition) is 2. The second-order valence-corrected chi connectivity index (χ2v) is 5.49. The Labute approximate surface area is 106 Å². The quantitative estimate of drug-likeness (QED) is 0.817. The van der Waals surface area contributed by atoms with Gasteiger partial charge in [0.1, 0.15) is 5.82 Å². The Bertz CT molecular complexity index is 359. The minimum atomic E-state index is 0.682. The molecule has 1 aromatic rings. The number of rotatable bonds is 2. The highest BCUT2D eigenvalue weighted by Crippen LogP contribution is 2.26. The summed E-state index contributed by atoms with van der Waals surface area (Å²) in [7, 11) is 2.17. The third kappa shape index (κ3) is 2.57. The van der Waals surface area contributed by atoms with Crippen LogP contribution in [0.3, 0.4) is 0 Å². The van der Waals surface area contributed by atoms with Crippen LogP contribution in [0.1, 0.15) is 37.8 Å². The largest absolute Gasteiger partial charge is 0.357 e. The molecule has 16 heavy (non-hydrogen) atoms. The fourth-order valence-corrected chi connectivity index (χ4v) is 2.60. The van der Waals surface area contributed by atoms with Crippen LogP contribution in [0.4, 0.5) is 5.82 Å². The third-order valence-electron chi connectivity index (χ3n) is 3.49. The van der Waals surface area contributed by atoms with Gasteiger partial charge in [-0.05, 0) is 47.8 Å². The molecule has 88 valence electrons. The average molecular weight is 283 g/mol. The predicted molar refractivity (Wildman–Crippen MR) is 72.0 cm³/mol. The fraction of sp³-hybridized carbons (Fsp3) is 0.615. The number of aryl methyl sites for hydroxylation is 1. The molecule has 0 unspecified atom stereocenters. The van der Waals surface area contributed by atoms with E-state index in [1.165, 1.54) is 32.1 Å². The molecule has 1 fully saturated rings. The summed E-state index contributed by atoms with van der Waals surface area (Å²) in [6.45, 7) is 2.04. The van der Waals surface area contributed by atoms with Crippen LogP contribution in [0, 0.1) is 6.92 Å². The van der Waals surface area contributed by atoms with Gasteiger partial charge in [-0.25, -0.2) is 4.98 Å². The van der Waals surface area contributed by atoms with Gasteiger partial charge >= 0.3 is 0 Å². The first-order valence-corrected chi connectivity index (χ1v) is 6.84. The Morgan fingerprint density at radius 3 is 2.56 bits per heavy atom. The number of anilines is 1. The molecule has 2 nitrogen and oxygen atoms in total. The van der Waals surface area contributed by atoms with Crippen LogP contribution in [-0.4, -0.2) is 18.1 Å². The highest BCUT2D eigenvalue weighted by atomic mass is 79.9. The first-order chi connectivity index (χ1) is 7.68. The maximum atomic E-state index is 4.63. The summed E-state index contributed by atoms with van der Waals surface area (Å²) >= 11 is 3.49. The van der Waals surface area contributed by atoms with E-state index in [-0.39, 0.29) is 0 Å². The molecule has 0 spiro atoms. The van der Waals surface area contributed by atoms with Gasteiger partial charge in [0.05, 0.1) is 5.69 Å². The van der Waals surface area contributed by atoms with Crippen LogP contribution >= 0.6 is 15.9 Å². The summed E-state index contributed by atoms with van der Waals surface area (Å²) in [4.78, 5) is 6.97. The fourth-order valence-electron chi connectivity index (χ4n) is 2.38. The molecule has 0 amide bonds. The molecule has 0 atom stereocenters. The van der Waals surface area contributed by atoms with E-state index in [0.717, 1.165) is 16.0 Å². The molecular formula is C13H19BrN2. The summed E-state index contributed by atoms with van der Waals surface area (Å²) in [6.07, 6.45) is 6.76. The van der Waals surface area contributed by atoms with Crippen LogP contribution in [-0.2, 0) is 0 Å². The SMILES string of the molecule is Cc1nc(N(C)C2CCCCC2)ccc1Br. The Hall–Kier alpha value is -0.570. The highest BCUT2D eigenvalue weighted by molar-refractivity contribution is 9.10. The molecule has 0 saturated heterocycles. The Morgan fingerprint density at radius 1 is 1.25 bits per heavy atom. The van der Waals surface area contributed by atoms with Crippen LogP contribution in [0.25, 0.3) is 0 Å². The van der Waals surface area contributed by atoms with E-state index in [1.54, 1.807) is 0 Å². The van der Waals surface area contributed by atoms with Gasteiger partial charge in [-0.15, -0.1) is 0 Å². The van der Waals surface area contributed by atoms with Gasteiger partial charge in [-0.1, -0.05) is 19.3 Å². The van der Waals surface area contributed by atoms with Crippen molar-refractivity contribution in [2.75, 3.05) is 11.9 Å². The molecule has 0 radical (unpaired) electrons. The van der Waals surface area contributed by atoms with Crippen LogP contribution in [0.15, 0.2) is 16.6 Å². The number of halogens is 1. The molecule has 0 N–H and O–H groups in total. The third-order valence-corrected chi connectivity index (χ3v) is 4.33. The lowest BCUT2D eigenvalue weighted by Gasteiger charge is -2.32. The zero-order valence-electron chi connectivity index (χ0n) is 10.0. The lowest BCUT2D eigenvalue weighted by molar-refractivity contribution is 0.426. The lowest BCUT2D eigenvalue weighted by atomic mass is 9.94. The minimum Gasteiger partial charge on any atom is -0.357 e. The van der Waals surface area contributed by atoms with Crippen LogP contribution in [0.5, 0.6) is 0 Å². The van der Waals surface area contributed by atoms with Gasteiger partial charge in [0, 0.05) is 17.6 Å². The number of nitrogens with zero attached hydrogens (tertiary/aromatic N) is 2. The van der Waals surface area contributed by atoms with Gasteiger partial charge in [0.15, 0.2) is 0 Å². The van der Waals surface area contributed by atoms with Crippen molar-refractivity contribution in [2.45, 2.75) is 45.1 Å². The summed E-state index contributed by atoms with van der Waals surface area (Å²) in [5.74, 6) is 1.10. The molecule has 2 rings (SSSR count). The molecule has 0 aliphatic heterocycles. The van der Waals surface area contributed by atoms with E-state index in [9.17, 15) is 0 Å². The van der Waals surface area contributed by atoms with E-state index in [2.05, 4.69) is 45.0 Å². The molecule has 0 bridgehead atoms. The summed E-state index contributed by atoms with van der Waals surface area (Å²) in [5, 5.41) is 0. The average Bonchev–Trinajstić information content (AvgIpc) is 2.33. The van der Waals surface area contributed by atoms with Gasteiger partial charge in [0.25, 0.3) is 0 Å². The van der Waals surface area contributed by atoms with Crippen molar-refractivity contribution in [1.29, 1.82) is 0 Å². The monoisotopic (exact) mass is 282 g/mol. The zero-order valence-corrected chi connectivity index (χ0v) is 11.6. The standard InChI is InChI=1S/C13H19BrN2/c1-10-12(14)8-9-13(15-10)16(2)11-6-4-3-5-7-11/h8-9,11H,3-7H2,1-2H3. The van der Waals surface area contributed by atoms with Crippen molar-refractivity contribution in [2.24, 2.45) is 0 Å². The summed E-state index contributed by atoms with van der Waals surface area (Å²) < 4.78 is 1.09. The predicted octanol–water partition coefficient (Wildman–Crippen LogP) is 3.92. The zero-order chi connectivity index (χ0) is 11.5. The lowest BCUT2D eigenvalue weighted by Crippen LogP contribution is -2.33. The van der Waals surface area contributed by atoms with Crippen LogP contribution < -0.4 is 4.90 Å². The molecule has 1 heterocycles.